The van der Waals surface area contributed by atoms with Crippen LogP contribution >= 0.6 is 0 Å². The van der Waals surface area contributed by atoms with Crippen LogP contribution in [0.1, 0.15) is 22.3 Å². The topological polar surface area (TPSA) is 6.48 Å². The third-order valence-electron chi connectivity index (χ3n) is 15.6. The lowest BCUT2D eigenvalue weighted by molar-refractivity contribution is 1.09. The number of benzene rings is 13. The summed E-state index contributed by atoms with van der Waals surface area (Å²) in [5, 5.41) is 12.4. The molecule has 0 unspecified atom stereocenters. The lowest BCUT2D eigenvalue weighted by Gasteiger charge is -2.34. The van der Waals surface area contributed by atoms with E-state index in [1.54, 1.807) is 0 Å². The summed E-state index contributed by atoms with van der Waals surface area (Å²) in [6.45, 7) is 0. The van der Waals surface area contributed by atoms with Gasteiger partial charge >= 0.3 is 0 Å². The average Bonchev–Trinajstić information content (AvgIpc) is 3.45. The molecule has 2 heteroatoms. The molecule has 2 nitrogen and oxygen atoms in total. The van der Waals surface area contributed by atoms with Crippen molar-refractivity contribution in [1.82, 2.24) is 0 Å². The monoisotopic (exact) mass is 914 g/mol. The molecule has 0 saturated carbocycles. The zero-order valence-electron chi connectivity index (χ0n) is 39.6. The molecule has 0 spiro atoms. The van der Waals surface area contributed by atoms with E-state index in [2.05, 4.69) is 265 Å². The molecule has 0 aromatic heterocycles. The van der Waals surface area contributed by atoms with E-state index in [-0.39, 0.29) is 0 Å². The van der Waals surface area contributed by atoms with Gasteiger partial charge < -0.3 is 9.80 Å². The van der Waals surface area contributed by atoms with Crippen LogP contribution in [0.2, 0.25) is 0 Å². The van der Waals surface area contributed by atoms with Crippen molar-refractivity contribution in [3.05, 3.63) is 277 Å². The first-order valence-electron chi connectivity index (χ1n) is 25.2. The van der Waals surface area contributed by atoms with Crippen molar-refractivity contribution in [2.24, 2.45) is 0 Å². The van der Waals surface area contributed by atoms with Crippen LogP contribution in [0, 0.1) is 0 Å². The zero-order valence-corrected chi connectivity index (χ0v) is 39.6. The molecule has 15 rings (SSSR count). The summed E-state index contributed by atoms with van der Waals surface area (Å²) in [6.07, 6.45) is 1.82. The van der Waals surface area contributed by atoms with Crippen LogP contribution in [-0.2, 0) is 12.8 Å². The predicted molar refractivity (Wildman–Crippen MR) is 305 cm³/mol. The van der Waals surface area contributed by atoms with Gasteiger partial charge in [0.15, 0.2) is 0 Å². The maximum atomic E-state index is 2.49. The number of hydrogen-bond acceptors (Lipinski definition) is 2. The minimum atomic E-state index is 0.908. The molecule has 72 heavy (non-hydrogen) atoms. The number of rotatable bonds is 5. The van der Waals surface area contributed by atoms with Gasteiger partial charge in [-0.25, -0.2) is 0 Å². The molecule has 13 aromatic rings. The van der Waals surface area contributed by atoms with Crippen LogP contribution in [-0.4, -0.2) is 0 Å². The maximum Gasteiger partial charge on any atom is 0.0497 e. The summed E-state index contributed by atoms with van der Waals surface area (Å²) >= 11 is 0. The molecule has 13 aromatic carbocycles. The summed E-state index contributed by atoms with van der Waals surface area (Å²) in [5.41, 5.74) is 19.8. The fourth-order valence-electron chi connectivity index (χ4n) is 12.3. The second kappa shape index (κ2) is 16.2. The Morgan fingerprint density at radius 3 is 1.21 bits per heavy atom. The van der Waals surface area contributed by atoms with E-state index < -0.39 is 0 Å². The van der Waals surface area contributed by atoms with Gasteiger partial charge in [-0.2, -0.15) is 0 Å². The minimum Gasteiger partial charge on any atom is -0.310 e. The van der Waals surface area contributed by atoms with Crippen LogP contribution in [0.15, 0.2) is 255 Å². The van der Waals surface area contributed by atoms with Crippen molar-refractivity contribution < 1.29 is 0 Å². The molecule has 0 fully saturated rings. The molecular formula is C70H46N2. The smallest absolute Gasteiger partial charge is 0.0497 e. The Balaban J connectivity index is 1.02. The van der Waals surface area contributed by atoms with Gasteiger partial charge in [-0.05, 0) is 170 Å². The SMILES string of the molecule is c1ccc2c(c1)Cc1ccccc1N2c1ccc2c(-c3ccc4ccccc4c3)c3cc(N4c5ccccc5Cc5ccccc54)ccc3c(-c3ccc(-c4cc5ccccc5c5ccccc45)cc3)c2c1. The van der Waals surface area contributed by atoms with Gasteiger partial charge in [0, 0.05) is 47.0 Å². The van der Waals surface area contributed by atoms with Gasteiger partial charge in [0.1, 0.15) is 0 Å². The van der Waals surface area contributed by atoms with Gasteiger partial charge in [0.05, 0.1) is 0 Å². The van der Waals surface area contributed by atoms with Gasteiger partial charge in [0.25, 0.3) is 0 Å². The normalized spacial score (nSPS) is 12.8. The summed E-state index contributed by atoms with van der Waals surface area (Å²) in [5.74, 6) is 0. The molecule has 0 saturated heterocycles. The number of fused-ring (bicyclic) bond motifs is 10. The fourth-order valence-corrected chi connectivity index (χ4v) is 12.3. The van der Waals surface area contributed by atoms with E-state index in [0.717, 1.165) is 24.2 Å². The standard InChI is InChI=1S/C70H46N2/c1-2-16-48-39-54(34-29-45(48)15-1)70-61-38-36-55(71-65-25-11-4-18-50(65)40-51-19-5-12-26-66(51)71)43-63(61)69(47-32-30-46(31-33-47)62-42-49-17-3-8-22-57(49)58-23-9-10-24-59(58)62)60-37-35-56(44-64(60)70)72-67-27-13-6-20-52(67)41-53-21-7-14-28-68(53)72/h1-39,42-44H,40-41H2. The van der Waals surface area contributed by atoms with E-state index in [4.69, 9.17) is 0 Å². The van der Waals surface area contributed by atoms with E-state index in [1.165, 1.54) is 132 Å². The summed E-state index contributed by atoms with van der Waals surface area (Å²) in [4.78, 5) is 4.97. The molecule has 0 N–H and O–H groups in total. The molecule has 0 amide bonds. The molecule has 0 bridgehead atoms. The van der Waals surface area contributed by atoms with Crippen molar-refractivity contribution in [2.75, 3.05) is 9.80 Å². The van der Waals surface area contributed by atoms with Crippen LogP contribution in [0.4, 0.5) is 34.1 Å². The average molecular weight is 915 g/mol. The Labute approximate surface area is 418 Å². The Bertz CT molecular complexity index is 4260. The Morgan fingerprint density at radius 1 is 0.236 bits per heavy atom. The lowest BCUT2D eigenvalue weighted by Crippen LogP contribution is -2.18. The third-order valence-corrected chi connectivity index (χ3v) is 15.6. The van der Waals surface area contributed by atoms with E-state index in [9.17, 15) is 0 Å². The quantitative estimate of drug-likeness (QED) is 0.125. The summed E-state index contributed by atoms with van der Waals surface area (Å²) in [6, 6.07) is 95.3. The Morgan fingerprint density at radius 2 is 0.653 bits per heavy atom. The highest BCUT2D eigenvalue weighted by Crippen LogP contribution is 2.51. The highest BCUT2D eigenvalue weighted by molar-refractivity contribution is 6.23. The van der Waals surface area contributed by atoms with Crippen LogP contribution in [0.3, 0.4) is 0 Å². The number of para-hydroxylation sites is 4. The fraction of sp³-hybridized carbons (Fsp3) is 0.0286. The van der Waals surface area contributed by atoms with Gasteiger partial charge in [-0.15, -0.1) is 0 Å². The van der Waals surface area contributed by atoms with Crippen molar-refractivity contribution in [2.45, 2.75) is 12.8 Å². The molecule has 0 atom stereocenters. The van der Waals surface area contributed by atoms with E-state index in [0.29, 0.717) is 0 Å². The number of anilines is 6. The predicted octanol–water partition coefficient (Wildman–Crippen LogP) is 19.2. The van der Waals surface area contributed by atoms with Crippen molar-refractivity contribution >= 4 is 88.0 Å². The largest absolute Gasteiger partial charge is 0.310 e. The number of nitrogens with zero attached hydrogens (tertiary/aromatic N) is 2. The molecule has 2 aliphatic rings. The first-order chi connectivity index (χ1) is 35.7. The second-order valence-corrected chi connectivity index (χ2v) is 19.6. The molecule has 2 aliphatic heterocycles. The van der Waals surface area contributed by atoms with Gasteiger partial charge in [-0.3, -0.25) is 0 Å². The number of hydrogen-bond donors (Lipinski definition) is 0. The minimum absolute atomic E-state index is 0.908. The Hall–Kier alpha value is -9.24. The van der Waals surface area contributed by atoms with Crippen LogP contribution in [0.5, 0.6) is 0 Å². The van der Waals surface area contributed by atoms with Crippen LogP contribution < -0.4 is 9.80 Å². The first-order valence-corrected chi connectivity index (χ1v) is 25.2. The van der Waals surface area contributed by atoms with Gasteiger partial charge in [0.2, 0.25) is 0 Å². The first kappa shape index (κ1) is 40.6. The second-order valence-electron chi connectivity index (χ2n) is 19.6. The van der Waals surface area contributed by atoms with Crippen molar-refractivity contribution in [3.8, 4) is 33.4 Å². The summed E-state index contributed by atoms with van der Waals surface area (Å²) in [7, 11) is 0. The molecule has 2 heterocycles. The summed E-state index contributed by atoms with van der Waals surface area (Å²) < 4.78 is 0. The highest BCUT2D eigenvalue weighted by atomic mass is 15.2. The van der Waals surface area contributed by atoms with Crippen molar-refractivity contribution in [1.29, 1.82) is 0 Å². The molecule has 336 valence electrons. The highest BCUT2D eigenvalue weighted by Gasteiger charge is 2.28. The zero-order chi connectivity index (χ0) is 47.3. The van der Waals surface area contributed by atoms with Crippen LogP contribution in [0.25, 0.3) is 87.2 Å². The molecule has 0 radical (unpaired) electrons. The molecular weight excluding hydrogens is 869 g/mol. The lowest BCUT2D eigenvalue weighted by atomic mass is 9.84. The molecule has 0 aliphatic carbocycles. The van der Waals surface area contributed by atoms with Gasteiger partial charge in [-0.1, -0.05) is 194 Å². The third kappa shape index (κ3) is 6.36. The van der Waals surface area contributed by atoms with E-state index >= 15 is 0 Å². The Kier molecular flexibility index (Phi) is 9.12. The van der Waals surface area contributed by atoms with E-state index in [1.807, 2.05) is 0 Å². The van der Waals surface area contributed by atoms with Crippen molar-refractivity contribution in [3.63, 3.8) is 0 Å². The maximum absolute atomic E-state index is 2.49.